The van der Waals surface area contributed by atoms with Gasteiger partial charge in [-0.3, -0.25) is 0 Å². The second-order valence-corrected chi connectivity index (χ2v) is 5.51. The van der Waals surface area contributed by atoms with Gasteiger partial charge in [0.1, 0.15) is 0 Å². The van der Waals surface area contributed by atoms with Crippen molar-refractivity contribution in [2.24, 2.45) is 5.73 Å². The van der Waals surface area contributed by atoms with Gasteiger partial charge in [-0.2, -0.15) is 0 Å². The summed E-state index contributed by atoms with van der Waals surface area (Å²) in [6, 6.07) is 3.68. The lowest BCUT2D eigenvalue weighted by molar-refractivity contribution is 0.267. The van der Waals surface area contributed by atoms with Crippen LogP contribution in [0.2, 0.25) is 5.02 Å². The van der Waals surface area contributed by atoms with Gasteiger partial charge in [0.15, 0.2) is 11.5 Å². The van der Waals surface area contributed by atoms with Crippen molar-refractivity contribution in [2.75, 3.05) is 13.7 Å². The first-order valence-corrected chi connectivity index (χ1v) is 7.29. The minimum Gasteiger partial charge on any atom is -0.493 e. The Morgan fingerprint density at radius 3 is 2.53 bits per heavy atom. The van der Waals surface area contributed by atoms with E-state index >= 15 is 0 Å². The molecule has 0 radical (unpaired) electrons. The average molecular weight is 284 g/mol. The van der Waals surface area contributed by atoms with Crippen LogP contribution in [0.25, 0.3) is 0 Å². The van der Waals surface area contributed by atoms with E-state index in [0.29, 0.717) is 23.1 Å². The largest absolute Gasteiger partial charge is 0.493 e. The molecule has 0 amide bonds. The summed E-state index contributed by atoms with van der Waals surface area (Å²) in [5, 5.41) is 0.675. The Labute approximate surface area is 120 Å². The smallest absolute Gasteiger partial charge is 0.167 e. The molecular formula is C15H22ClNO2. The Kier molecular flexibility index (Phi) is 4.58. The lowest BCUT2D eigenvalue weighted by Crippen LogP contribution is -2.39. The fourth-order valence-electron chi connectivity index (χ4n) is 2.88. The van der Waals surface area contributed by atoms with Crippen LogP contribution in [0, 0.1) is 0 Å². The van der Waals surface area contributed by atoms with E-state index in [1.54, 1.807) is 7.11 Å². The van der Waals surface area contributed by atoms with Crippen molar-refractivity contribution in [2.45, 2.75) is 44.6 Å². The molecule has 0 saturated heterocycles. The molecule has 0 aromatic heterocycles. The van der Waals surface area contributed by atoms with Crippen LogP contribution in [0.15, 0.2) is 12.1 Å². The van der Waals surface area contributed by atoms with Gasteiger partial charge < -0.3 is 15.2 Å². The van der Waals surface area contributed by atoms with Crippen LogP contribution in [0.1, 0.15) is 44.6 Å². The van der Waals surface area contributed by atoms with Gasteiger partial charge in [0.05, 0.1) is 13.7 Å². The monoisotopic (exact) mass is 283 g/mol. The number of benzene rings is 1. The number of ether oxygens (including phenoxy) is 2. The van der Waals surface area contributed by atoms with Crippen molar-refractivity contribution in [3.63, 3.8) is 0 Å². The summed E-state index contributed by atoms with van der Waals surface area (Å²) >= 11 is 6.40. The van der Waals surface area contributed by atoms with E-state index in [1.165, 1.54) is 6.42 Å². The van der Waals surface area contributed by atoms with Crippen LogP contribution in [0.3, 0.4) is 0 Å². The molecule has 2 N–H and O–H groups in total. The first kappa shape index (κ1) is 14.5. The molecule has 0 atom stereocenters. The Balaban J connectivity index is 2.52. The Hall–Kier alpha value is -0.930. The van der Waals surface area contributed by atoms with E-state index in [4.69, 9.17) is 26.8 Å². The highest BCUT2D eigenvalue weighted by molar-refractivity contribution is 6.31. The van der Waals surface area contributed by atoms with Crippen LogP contribution in [0.5, 0.6) is 11.5 Å². The third-order valence-corrected chi connectivity index (χ3v) is 4.14. The van der Waals surface area contributed by atoms with E-state index in [2.05, 4.69) is 0 Å². The number of hydrogen-bond acceptors (Lipinski definition) is 3. The van der Waals surface area contributed by atoms with E-state index in [1.807, 2.05) is 19.1 Å². The highest BCUT2D eigenvalue weighted by Crippen LogP contribution is 2.46. The molecule has 4 heteroatoms. The molecular weight excluding hydrogens is 262 g/mol. The highest BCUT2D eigenvalue weighted by Gasteiger charge is 2.35. The summed E-state index contributed by atoms with van der Waals surface area (Å²) in [6.45, 7) is 2.52. The zero-order valence-corrected chi connectivity index (χ0v) is 12.4. The third-order valence-electron chi connectivity index (χ3n) is 3.82. The molecule has 19 heavy (non-hydrogen) atoms. The van der Waals surface area contributed by atoms with E-state index in [-0.39, 0.29) is 0 Å². The molecule has 3 nitrogen and oxygen atoms in total. The normalized spacial score (nSPS) is 18.1. The zero-order valence-electron chi connectivity index (χ0n) is 11.7. The molecule has 1 fully saturated rings. The standard InChI is InChI=1S/C15H22ClNO2/c1-3-19-14-12(18-2)8-7-11(16)13(14)15(17)9-5-4-6-10-15/h7-8H,3-6,9-10,17H2,1-2H3. The van der Waals surface area contributed by atoms with Gasteiger partial charge in [0, 0.05) is 16.1 Å². The van der Waals surface area contributed by atoms with Gasteiger partial charge in [-0.05, 0) is 31.9 Å². The van der Waals surface area contributed by atoms with Gasteiger partial charge in [0.25, 0.3) is 0 Å². The minimum atomic E-state index is -0.394. The number of nitrogens with two attached hydrogens (primary N) is 1. The summed E-state index contributed by atoms with van der Waals surface area (Å²) in [7, 11) is 1.64. The van der Waals surface area contributed by atoms with Crippen molar-refractivity contribution < 1.29 is 9.47 Å². The quantitative estimate of drug-likeness (QED) is 0.912. The molecule has 1 aromatic carbocycles. The summed E-state index contributed by atoms with van der Waals surface area (Å²) in [5.74, 6) is 1.42. The maximum atomic E-state index is 6.62. The highest BCUT2D eigenvalue weighted by atomic mass is 35.5. The molecule has 2 rings (SSSR count). The molecule has 1 saturated carbocycles. The van der Waals surface area contributed by atoms with Gasteiger partial charge in [-0.1, -0.05) is 30.9 Å². The Bertz CT molecular complexity index is 442. The van der Waals surface area contributed by atoms with Crippen LogP contribution >= 0.6 is 11.6 Å². The second-order valence-electron chi connectivity index (χ2n) is 5.10. The SMILES string of the molecule is CCOc1c(OC)ccc(Cl)c1C1(N)CCCCC1. The molecule has 0 unspecified atom stereocenters. The predicted octanol–water partition coefficient (Wildman–Crippen LogP) is 3.87. The second kappa shape index (κ2) is 6.02. The molecule has 106 valence electrons. The third kappa shape index (κ3) is 2.82. The molecule has 0 spiro atoms. The van der Waals surface area contributed by atoms with Crippen molar-refractivity contribution in [1.29, 1.82) is 0 Å². The summed E-state index contributed by atoms with van der Waals surface area (Å²) in [6.07, 6.45) is 5.40. The summed E-state index contributed by atoms with van der Waals surface area (Å²) in [5.41, 5.74) is 7.13. The summed E-state index contributed by atoms with van der Waals surface area (Å²) < 4.78 is 11.2. The first-order chi connectivity index (χ1) is 9.12. The minimum absolute atomic E-state index is 0.394. The fourth-order valence-corrected chi connectivity index (χ4v) is 3.22. The van der Waals surface area contributed by atoms with Crippen molar-refractivity contribution in [1.82, 2.24) is 0 Å². The van der Waals surface area contributed by atoms with E-state index in [0.717, 1.165) is 31.2 Å². The van der Waals surface area contributed by atoms with Crippen LogP contribution < -0.4 is 15.2 Å². The summed E-state index contributed by atoms with van der Waals surface area (Å²) in [4.78, 5) is 0. The van der Waals surface area contributed by atoms with Crippen molar-refractivity contribution >= 4 is 11.6 Å². The lowest BCUT2D eigenvalue weighted by Gasteiger charge is -2.36. The Morgan fingerprint density at radius 2 is 1.95 bits per heavy atom. The maximum Gasteiger partial charge on any atom is 0.167 e. The maximum absolute atomic E-state index is 6.62. The number of methoxy groups -OCH3 is 1. The predicted molar refractivity (Wildman–Crippen MR) is 78.1 cm³/mol. The number of rotatable bonds is 4. The average Bonchev–Trinajstić information content (AvgIpc) is 2.40. The zero-order chi connectivity index (χ0) is 13.9. The van der Waals surface area contributed by atoms with Gasteiger partial charge >= 0.3 is 0 Å². The number of hydrogen-bond donors (Lipinski definition) is 1. The van der Waals surface area contributed by atoms with Gasteiger partial charge in [-0.15, -0.1) is 0 Å². The van der Waals surface area contributed by atoms with Crippen LogP contribution in [0.4, 0.5) is 0 Å². The molecule has 0 heterocycles. The van der Waals surface area contributed by atoms with Crippen molar-refractivity contribution in [3.8, 4) is 11.5 Å². The molecule has 0 aliphatic heterocycles. The molecule has 1 aromatic rings. The van der Waals surface area contributed by atoms with Gasteiger partial charge in [-0.25, -0.2) is 0 Å². The lowest BCUT2D eigenvalue weighted by atomic mass is 9.77. The van der Waals surface area contributed by atoms with Gasteiger partial charge in [0.2, 0.25) is 0 Å². The first-order valence-electron chi connectivity index (χ1n) is 6.91. The topological polar surface area (TPSA) is 44.5 Å². The number of halogens is 1. The molecule has 1 aliphatic carbocycles. The van der Waals surface area contributed by atoms with E-state index < -0.39 is 5.54 Å². The fraction of sp³-hybridized carbons (Fsp3) is 0.600. The van der Waals surface area contributed by atoms with Crippen molar-refractivity contribution in [3.05, 3.63) is 22.7 Å². The van der Waals surface area contributed by atoms with Crippen LogP contribution in [-0.4, -0.2) is 13.7 Å². The molecule has 1 aliphatic rings. The Morgan fingerprint density at radius 1 is 1.26 bits per heavy atom. The van der Waals surface area contributed by atoms with Crippen LogP contribution in [-0.2, 0) is 5.54 Å². The molecule has 0 bridgehead atoms. The van der Waals surface area contributed by atoms with E-state index in [9.17, 15) is 0 Å².